The molecule has 0 aromatic rings. The summed E-state index contributed by atoms with van der Waals surface area (Å²) in [6.07, 6.45) is 4.52. The van der Waals surface area contributed by atoms with Crippen LogP contribution in [0.2, 0.25) is 0 Å². The van der Waals surface area contributed by atoms with Gasteiger partial charge in [0, 0.05) is 0 Å². The average molecular weight is 134 g/mol. The fourth-order valence-corrected chi connectivity index (χ4v) is 0.625. The first-order valence-corrected chi connectivity index (χ1v) is 3.35. The lowest BCUT2D eigenvalue weighted by molar-refractivity contribution is -0.490. The van der Waals surface area contributed by atoms with Crippen LogP contribution in [0, 0.1) is 0 Å². The lowest BCUT2D eigenvalue weighted by Crippen LogP contribution is -1.92. The molecule has 56 valence electrons. The molecule has 0 aromatic heterocycles. The fraction of sp³-hybridized carbons (Fsp3) is 1.00. The van der Waals surface area contributed by atoms with Crippen LogP contribution in [0.1, 0.15) is 32.6 Å². The van der Waals surface area contributed by atoms with Gasteiger partial charge in [0.25, 0.3) is 0 Å². The molecule has 0 aromatic carbocycles. The molecular weight excluding hydrogens is 120 g/mol. The van der Waals surface area contributed by atoms with E-state index in [1.807, 2.05) is 0 Å². The van der Waals surface area contributed by atoms with Gasteiger partial charge in [-0.05, 0) is 6.42 Å². The number of hydrogen-bond donors (Lipinski definition) is 1. The molecule has 0 aliphatic carbocycles. The minimum atomic E-state index is 0.483. The molecule has 0 atom stereocenters. The average Bonchev–Trinajstić information content (AvgIpc) is 1.89. The van der Waals surface area contributed by atoms with Gasteiger partial charge in [0.05, 0.1) is 6.61 Å². The maximum Gasteiger partial charge on any atom is 0.0853 e. The second-order valence-electron chi connectivity index (χ2n) is 1.96. The SMILES string of the molecule is CCCCCCOOO. The van der Waals surface area contributed by atoms with Crippen LogP contribution in [0.5, 0.6) is 0 Å². The molecule has 0 saturated carbocycles. The molecule has 0 rings (SSSR count). The molecule has 0 fully saturated rings. The molecule has 1 N–H and O–H groups in total. The highest BCUT2D eigenvalue weighted by Gasteiger charge is 1.86. The monoisotopic (exact) mass is 134 g/mol. The molecule has 0 unspecified atom stereocenters. The third kappa shape index (κ3) is 7.88. The summed E-state index contributed by atoms with van der Waals surface area (Å²) in [5.74, 6) is 0. The van der Waals surface area contributed by atoms with Gasteiger partial charge in [0.2, 0.25) is 0 Å². The van der Waals surface area contributed by atoms with Crippen LogP contribution >= 0.6 is 0 Å². The van der Waals surface area contributed by atoms with E-state index in [2.05, 4.69) is 16.8 Å². The van der Waals surface area contributed by atoms with Gasteiger partial charge in [-0.1, -0.05) is 31.2 Å². The third-order valence-corrected chi connectivity index (χ3v) is 1.13. The topological polar surface area (TPSA) is 38.7 Å². The molecule has 0 radical (unpaired) electrons. The highest BCUT2D eigenvalue weighted by atomic mass is 17.5. The van der Waals surface area contributed by atoms with Crippen LogP contribution < -0.4 is 0 Å². The zero-order chi connectivity index (χ0) is 6.95. The molecule has 0 heterocycles. The van der Waals surface area contributed by atoms with E-state index in [9.17, 15) is 0 Å². The van der Waals surface area contributed by atoms with Gasteiger partial charge in [0.15, 0.2) is 0 Å². The Morgan fingerprint density at radius 2 is 2.00 bits per heavy atom. The molecule has 0 bridgehead atoms. The summed E-state index contributed by atoms with van der Waals surface area (Å²) in [7, 11) is 0. The van der Waals surface area contributed by atoms with Gasteiger partial charge in [-0.3, -0.25) is 0 Å². The quantitative estimate of drug-likeness (QED) is 0.343. The Morgan fingerprint density at radius 1 is 1.22 bits per heavy atom. The minimum Gasteiger partial charge on any atom is -0.221 e. The van der Waals surface area contributed by atoms with Crippen LogP contribution in [0.15, 0.2) is 0 Å². The third-order valence-electron chi connectivity index (χ3n) is 1.13. The molecule has 0 spiro atoms. The van der Waals surface area contributed by atoms with E-state index in [1.165, 1.54) is 12.8 Å². The van der Waals surface area contributed by atoms with E-state index < -0.39 is 0 Å². The summed E-state index contributed by atoms with van der Waals surface area (Å²) < 4.78 is 0. The van der Waals surface area contributed by atoms with Crippen LogP contribution in [-0.2, 0) is 9.93 Å². The molecule has 9 heavy (non-hydrogen) atoms. The van der Waals surface area contributed by atoms with Crippen molar-refractivity contribution in [1.29, 1.82) is 0 Å². The molecular formula is C6H14O3. The van der Waals surface area contributed by atoms with Crippen molar-refractivity contribution >= 4 is 0 Å². The van der Waals surface area contributed by atoms with Crippen LogP contribution in [0.4, 0.5) is 0 Å². The Kier molecular flexibility index (Phi) is 7.77. The van der Waals surface area contributed by atoms with E-state index in [-0.39, 0.29) is 0 Å². The number of rotatable bonds is 6. The Balaban J connectivity index is 2.60. The van der Waals surface area contributed by atoms with E-state index in [1.54, 1.807) is 0 Å². The number of unbranched alkanes of at least 4 members (excludes halogenated alkanes) is 3. The van der Waals surface area contributed by atoms with E-state index >= 15 is 0 Å². The lowest BCUT2D eigenvalue weighted by Gasteiger charge is -1.95. The molecule has 0 aliphatic heterocycles. The number of hydrogen-bond acceptors (Lipinski definition) is 3. The first kappa shape index (κ1) is 8.88. The summed E-state index contributed by atoms with van der Waals surface area (Å²) in [6, 6.07) is 0. The van der Waals surface area contributed by atoms with Gasteiger partial charge < -0.3 is 0 Å². The van der Waals surface area contributed by atoms with Crippen molar-refractivity contribution in [3.8, 4) is 0 Å². The zero-order valence-corrected chi connectivity index (χ0v) is 5.80. The summed E-state index contributed by atoms with van der Waals surface area (Å²) in [4.78, 5) is 4.24. The van der Waals surface area contributed by atoms with Crippen LogP contribution in [0.3, 0.4) is 0 Å². The van der Waals surface area contributed by atoms with Crippen molar-refractivity contribution in [2.45, 2.75) is 32.6 Å². The van der Waals surface area contributed by atoms with Crippen LogP contribution in [0.25, 0.3) is 0 Å². The molecule has 0 amide bonds. The van der Waals surface area contributed by atoms with E-state index in [0.717, 1.165) is 12.8 Å². The minimum absolute atomic E-state index is 0.483. The van der Waals surface area contributed by atoms with Crippen molar-refractivity contribution < 1.29 is 15.2 Å². The second kappa shape index (κ2) is 7.88. The smallest absolute Gasteiger partial charge is 0.0853 e. The maximum absolute atomic E-state index is 7.70. The van der Waals surface area contributed by atoms with Gasteiger partial charge >= 0.3 is 0 Å². The van der Waals surface area contributed by atoms with Gasteiger partial charge in [-0.25, -0.2) is 10.1 Å². The fourth-order valence-electron chi connectivity index (χ4n) is 0.625. The Bertz CT molecular complexity index is 41.6. The normalized spacial score (nSPS) is 10.0. The Labute approximate surface area is 55.4 Å². The largest absolute Gasteiger partial charge is 0.221 e. The second-order valence-corrected chi connectivity index (χ2v) is 1.96. The van der Waals surface area contributed by atoms with Crippen molar-refractivity contribution in [3.05, 3.63) is 0 Å². The summed E-state index contributed by atoms with van der Waals surface area (Å²) in [5, 5.41) is 11.1. The van der Waals surface area contributed by atoms with Gasteiger partial charge in [0.1, 0.15) is 0 Å². The summed E-state index contributed by atoms with van der Waals surface area (Å²) >= 11 is 0. The maximum atomic E-state index is 7.70. The Hall–Kier alpha value is -0.120. The van der Waals surface area contributed by atoms with Gasteiger partial charge in [-0.2, -0.15) is 0 Å². The molecule has 3 nitrogen and oxygen atoms in total. The summed E-state index contributed by atoms with van der Waals surface area (Å²) in [5.41, 5.74) is 0. The molecule has 3 heteroatoms. The first-order valence-electron chi connectivity index (χ1n) is 3.35. The standard InChI is InChI=1S/C6H14O3/c1-2-3-4-5-6-8-9-7/h7H,2-6H2,1H3. The van der Waals surface area contributed by atoms with Crippen molar-refractivity contribution in [3.63, 3.8) is 0 Å². The molecule has 0 saturated heterocycles. The zero-order valence-electron chi connectivity index (χ0n) is 5.80. The van der Waals surface area contributed by atoms with E-state index in [0.29, 0.717) is 6.61 Å². The highest BCUT2D eigenvalue weighted by Crippen LogP contribution is 1.98. The first-order chi connectivity index (χ1) is 4.41. The van der Waals surface area contributed by atoms with Crippen molar-refractivity contribution in [1.82, 2.24) is 0 Å². The predicted molar refractivity (Wildman–Crippen MR) is 33.8 cm³/mol. The summed E-state index contributed by atoms with van der Waals surface area (Å²) in [6.45, 7) is 2.62. The van der Waals surface area contributed by atoms with Gasteiger partial charge in [-0.15, -0.1) is 0 Å². The predicted octanol–water partition coefficient (Wildman–Crippen LogP) is 1.99. The highest BCUT2D eigenvalue weighted by molar-refractivity contribution is 4.36. The Morgan fingerprint density at radius 3 is 2.56 bits per heavy atom. The van der Waals surface area contributed by atoms with E-state index in [4.69, 9.17) is 5.26 Å². The lowest BCUT2D eigenvalue weighted by atomic mass is 10.2. The molecule has 0 aliphatic rings. The van der Waals surface area contributed by atoms with Crippen molar-refractivity contribution in [2.24, 2.45) is 0 Å². The van der Waals surface area contributed by atoms with Crippen molar-refractivity contribution in [2.75, 3.05) is 6.61 Å². The van der Waals surface area contributed by atoms with Crippen LogP contribution in [-0.4, -0.2) is 11.9 Å².